The van der Waals surface area contributed by atoms with Crippen molar-refractivity contribution in [1.82, 2.24) is 30.4 Å². The largest absolute Gasteiger partial charge is 0.489 e. The lowest BCUT2D eigenvalue weighted by Crippen LogP contribution is -2.30. The molecule has 0 spiro atoms. The van der Waals surface area contributed by atoms with Crippen LogP contribution in [0.1, 0.15) is 22.7 Å². The topological polar surface area (TPSA) is 117 Å². The maximum Gasteiger partial charge on any atom is 0.338 e. The summed E-state index contributed by atoms with van der Waals surface area (Å²) in [6.07, 6.45) is 0. The Kier molecular flexibility index (Phi) is 7.74. The minimum atomic E-state index is -0.593. The molecule has 10 nitrogen and oxygen atoms in total. The molecule has 6 rings (SSSR count). The van der Waals surface area contributed by atoms with Gasteiger partial charge in [0.25, 0.3) is 0 Å². The Labute approximate surface area is 244 Å². The van der Waals surface area contributed by atoms with Crippen LogP contribution in [0.5, 0.6) is 5.75 Å². The van der Waals surface area contributed by atoms with Crippen molar-refractivity contribution in [3.05, 3.63) is 107 Å². The molecule has 2 aromatic heterocycles. The Morgan fingerprint density at radius 2 is 1.85 bits per heavy atom. The first kappa shape index (κ1) is 26.7. The van der Waals surface area contributed by atoms with Crippen LogP contribution in [-0.2, 0) is 16.1 Å². The third kappa shape index (κ3) is 5.83. The highest BCUT2D eigenvalue weighted by Crippen LogP contribution is 2.38. The van der Waals surface area contributed by atoms with Gasteiger partial charge in [0.15, 0.2) is 4.34 Å². The van der Waals surface area contributed by atoms with Gasteiger partial charge in [-0.15, -0.1) is 10.2 Å². The third-order valence-electron chi connectivity index (χ3n) is 6.45. The fraction of sp³-hybridized carbons (Fsp3) is 0.172. The number of esters is 1. The summed E-state index contributed by atoms with van der Waals surface area (Å²) in [6, 6.07) is 25.1. The van der Waals surface area contributed by atoms with Crippen LogP contribution in [0.4, 0.5) is 5.95 Å². The maximum absolute atomic E-state index is 13.2. The van der Waals surface area contributed by atoms with Crippen LogP contribution in [0.3, 0.4) is 0 Å². The van der Waals surface area contributed by atoms with E-state index in [4.69, 9.17) is 9.47 Å². The Bertz CT molecular complexity index is 1700. The molecule has 0 amide bonds. The van der Waals surface area contributed by atoms with Gasteiger partial charge in [-0.05, 0) is 40.6 Å². The van der Waals surface area contributed by atoms with Crippen LogP contribution >= 0.6 is 23.1 Å². The number of anilines is 1. The predicted molar refractivity (Wildman–Crippen MR) is 157 cm³/mol. The standard InChI is InChI=1S/C29H25N7O3S2/c1-18-7-6-8-19(15-18)16-39-22-13-11-20(12-14-22)25-24(27(37)38-2)23(30-28-32-34-35-36(25)28)17-40-29-33-31-26(41-29)21-9-4-3-5-10-21/h3-15,25H,16-17H2,1-2H3,(H,30,32,35). The summed E-state index contributed by atoms with van der Waals surface area (Å²) in [5.41, 5.74) is 5.16. The van der Waals surface area contributed by atoms with E-state index < -0.39 is 12.0 Å². The molecule has 0 radical (unpaired) electrons. The van der Waals surface area contributed by atoms with Crippen LogP contribution in [-0.4, -0.2) is 49.2 Å². The Morgan fingerprint density at radius 3 is 2.63 bits per heavy atom. The van der Waals surface area contributed by atoms with Gasteiger partial charge in [0.2, 0.25) is 5.95 Å². The number of carbonyl (C=O) groups is 1. The lowest BCUT2D eigenvalue weighted by Gasteiger charge is -2.28. The molecule has 0 aliphatic carbocycles. The van der Waals surface area contributed by atoms with Gasteiger partial charge in [0.1, 0.15) is 23.4 Å². The van der Waals surface area contributed by atoms with E-state index in [9.17, 15) is 4.79 Å². The molecular formula is C29H25N7O3S2. The number of fused-ring (bicyclic) bond motifs is 1. The number of thioether (sulfide) groups is 1. The molecular weight excluding hydrogens is 558 g/mol. The maximum atomic E-state index is 13.2. The van der Waals surface area contributed by atoms with E-state index in [2.05, 4.69) is 50.1 Å². The van der Waals surface area contributed by atoms with E-state index in [1.807, 2.05) is 66.7 Å². The highest BCUT2D eigenvalue weighted by Gasteiger charge is 2.36. The minimum absolute atomic E-state index is 0.412. The van der Waals surface area contributed by atoms with E-state index in [0.717, 1.165) is 26.0 Å². The van der Waals surface area contributed by atoms with Gasteiger partial charge in [-0.1, -0.05) is 100 Å². The highest BCUT2D eigenvalue weighted by atomic mass is 32.2. The smallest absolute Gasteiger partial charge is 0.338 e. The molecule has 0 bridgehead atoms. The zero-order valence-electron chi connectivity index (χ0n) is 22.2. The Morgan fingerprint density at radius 1 is 1.02 bits per heavy atom. The summed E-state index contributed by atoms with van der Waals surface area (Å²) in [5, 5.41) is 24.9. The molecule has 0 saturated heterocycles. The zero-order chi connectivity index (χ0) is 28.2. The van der Waals surface area contributed by atoms with Gasteiger partial charge < -0.3 is 14.8 Å². The Hall–Kier alpha value is -4.55. The van der Waals surface area contributed by atoms with Gasteiger partial charge in [0.05, 0.1) is 12.7 Å². The fourth-order valence-electron chi connectivity index (χ4n) is 4.52. The fourth-order valence-corrected chi connectivity index (χ4v) is 6.35. The summed E-state index contributed by atoms with van der Waals surface area (Å²) in [5.74, 6) is 1.09. The Balaban J connectivity index is 1.26. The summed E-state index contributed by atoms with van der Waals surface area (Å²) >= 11 is 2.97. The molecule has 5 aromatic rings. The molecule has 1 N–H and O–H groups in total. The average molecular weight is 584 g/mol. The average Bonchev–Trinajstić information content (AvgIpc) is 3.68. The van der Waals surface area contributed by atoms with Crippen molar-refractivity contribution in [2.75, 3.05) is 18.2 Å². The molecule has 41 heavy (non-hydrogen) atoms. The number of nitrogens with zero attached hydrogens (tertiary/aromatic N) is 6. The molecule has 3 aromatic carbocycles. The number of hydrogen-bond acceptors (Lipinski definition) is 11. The number of hydrogen-bond donors (Lipinski definition) is 1. The van der Waals surface area contributed by atoms with Crippen molar-refractivity contribution in [2.24, 2.45) is 0 Å². The second-order valence-electron chi connectivity index (χ2n) is 9.23. The second-order valence-corrected chi connectivity index (χ2v) is 11.4. The first-order valence-electron chi connectivity index (χ1n) is 12.8. The number of carbonyl (C=O) groups excluding carboxylic acids is 1. The summed E-state index contributed by atoms with van der Waals surface area (Å²) < 4.78 is 13.6. The molecule has 0 fully saturated rings. The van der Waals surface area contributed by atoms with Crippen LogP contribution < -0.4 is 10.1 Å². The molecule has 1 aliphatic heterocycles. The van der Waals surface area contributed by atoms with Gasteiger partial charge >= 0.3 is 5.97 Å². The van der Waals surface area contributed by atoms with Gasteiger partial charge in [-0.25, -0.2) is 4.79 Å². The molecule has 1 aliphatic rings. The molecule has 206 valence electrons. The number of tetrazole rings is 1. The first-order chi connectivity index (χ1) is 20.1. The monoisotopic (exact) mass is 583 g/mol. The molecule has 12 heteroatoms. The highest BCUT2D eigenvalue weighted by molar-refractivity contribution is 8.01. The quantitative estimate of drug-likeness (QED) is 0.181. The van der Waals surface area contributed by atoms with E-state index in [1.165, 1.54) is 35.8 Å². The zero-order valence-corrected chi connectivity index (χ0v) is 23.9. The van der Waals surface area contributed by atoms with Crippen molar-refractivity contribution >= 4 is 35.0 Å². The number of methoxy groups -OCH3 is 1. The van der Waals surface area contributed by atoms with Crippen LogP contribution in [0.2, 0.25) is 0 Å². The van der Waals surface area contributed by atoms with Crippen molar-refractivity contribution in [3.8, 4) is 16.3 Å². The summed E-state index contributed by atoms with van der Waals surface area (Å²) in [7, 11) is 1.37. The number of nitrogens with one attached hydrogen (secondary N) is 1. The van der Waals surface area contributed by atoms with E-state index in [0.29, 0.717) is 35.3 Å². The second kappa shape index (κ2) is 11.9. The number of ether oxygens (including phenoxy) is 2. The molecule has 1 unspecified atom stereocenters. The summed E-state index contributed by atoms with van der Waals surface area (Å²) in [4.78, 5) is 13.2. The van der Waals surface area contributed by atoms with Crippen molar-refractivity contribution in [3.63, 3.8) is 0 Å². The minimum Gasteiger partial charge on any atom is -0.489 e. The van der Waals surface area contributed by atoms with Crippen LogP contribution in [0.15, 0.2) is 94.5 Å². The number of aromatic nitrogens is 6. The van der Waals surface area contributed by atoms with Crippen molar-refractivity contribution in [1.29, 1.82) is 0 Å². The lowest BCUT2D eigenvalue weighted by atomic mass is 9.95. The number of benzene rings is 3. The van der Waals surface area contributed by atoms with E-state index in [1.54, 1.807) is 4.68 Å². The number of rotatable bonds is 9. The van der Waals surface area contributed by atoms with Gasteiger partial charge in [-0.2, -0.15) is 4.68 Å². The van der Waals surface area contributed by atoms with Crippen molar-refractivity contribution in [2.45, 2.75) is 23.9 Å². The first-order valence-corrected chi connectivity index (χ1v) is 14.6. The molecule has 0 saturated carbocycles. The van der Waals surface area contributed by atoms with Gasteiger partial charge in [-0.3, -0.25) is 0 Å². The number of aryl methyl sites for hydroxylation is 1. The van der Waals surface area contributed by atoms with E-state index >= 15 is 0 Å². The van der Waals surface area contributed by atoms with E-state index in [-0.39, 0.29) is 0 Å². The van der Waals surface area contributed by atoms with Crippen LogP contribution in [0, 0.1) is 6.92 Å². The lowest BCUT2D eigenvalue weighted by molar-refractivity contribution is -0.136. The SMILES string of the molecule is COC(=O)C1=C(CSc2nnc(-c3ccccc3)s2)Nc2nnnn2C1c1ccc(OCc2cccc(C)c2)cc1. The van der Waals surface area contributed by atoms with Gasteiger partial charge in [0, 0.05) is 17.0 Å². The third-order valence-corrected chi connectivity index (χ3v) is 8.59. The molecule has 3 heterocycles. The normalized spacial score (nSPS) is 14.3. The predicted octanol–water partition coefficient (Wildman–Crippen LogP) is 5.31. The van der Waals surface area contributed by atoms with Crippen molar-refractivity contribution < 1.29 is 14.3 Å². The van der Waals surface area contributed by atoms with Crippen LogP contribution in [0.25, 0.3) is 10.6 Å². The molecule has 1 atom stereocenters. The summed E-state index contributed by atoms with van der Waals surface area (Å²) in [6.45, 7) is 2.51.